The summed E-state index contributed by atoms with van der Waals surface area (Å²) in [5, 5.41) is 5.66. The van der Waals surface area contributed by atoms with Gasteiger partial charge in [0.25, 0.3) is 0 Å². The summed E-state index contributed by atoms with van der Waals surface area (Å²) in [4.78, 5) is 11.8. The lowest BCUT2D eigenvalue weighted by atomic mass is 10.2. The van der Waals surface area contributed by atoms with E-state index in [1.807, 2.05) is 6.92 Å². The molecule has 1 heterocycles. The summed E-state index contributed by atoms with van der Waals surface area (Å²) in [5.41, 5.74) is -0.167. The highest BCUT2D eigenvalue weighted by atomic mass is 32.2. The molecule has 0 atom stereocenters. The average molecular weight is 390 g/mol. The fraction of sp³-hybridized carbons (Fsp3) is 0.333. The Morgan fingerprint density at radius 3 is 2.38 bits per heavy atom. The number of nitrogens with one attached hydrogen (secondary N) is 2. The normalized spacial score (nSPS) is 12.2. The molecule has 2 rings (SSSR count). The molecule has 26 heavy (non-hydrogen) atoms. The molecule has 0 saturated carbocycles. The number of sulfonamides is 1. The summed E-state index contributed by atoms with van der Waals surface area (Å²) in [6, 6.07) is 7.02. The van der Waals surface area contributed by atoms with E-state index in [-0.39, 0.29) is 18.0 Å². The van der Waals surface area contributed by atoms with Gasteiger partial charge in [0, 0.05) is 19.3 Å². The number of rotatable bonds is 7. The first kappa shape index (κ1) is 19.9. The third-order valence-corrected chi connectivity index (χ3v) is 4.78. The lowest BCUT2D eigenvalue weighted by Crippen LogP contribution is -2.36. The second kappa shape index (κ2) is 7.87. The van der Waals surface area contributed by atoms with Crippen molar-refractivity contribution in [2.45, 2.75) is 24.5 Å². The molecule has 0 saturated heterocycles. The van der Waals surface area contributed by atoms with Gasteiger partial charge in [-0.15, -0.1) is 0 Å². The molecular weight excluding hydrogens is 373 g/mol. The first-order valence-corrected chi connectivity index (χ1v) is 9.00. The van der Waals surface area contributed by atoms with Crippen LogP contribution < -0.4 is 10.0 Å². The van der Waals surface area contributed by atoms with Crippen LogP contribution in [-0.2, 0) is 27.5 Å². The van der Waals surface area contributed by atoms with Gasteiger partial charge in [0.2, 0.25) is 15.9 Å². The Morgan fingerprint density at radius 2 is 1.81 bits per heavy atom. The Bertz CT molecular complexity index is 861. The number of hydrogen-bond acceptors (Lipinski definition) is 4. The molecule has 11 heteroatoms. The molecule has 0 bridgehead atoms. The van der Waals surface area contributed by atoms with Crippen LogP contribution in [0, 0.1) is 6.92 Å². The Morgan fingerprint density at radius 1 is 1.15 bits per heavy atom. The summed E-state index contributed by atoms with van der Waals surface area (Å²) < 4.78 is 64.5. The molecule has 0 aliphatic heterocycles. The zero-order valence-electron chi connectivity index (χ0n) is 13.7. The van der Waals surface area contributed by atoms with E-state index < -0.39 is 34.3 Å². The van der Waals surface area contributed by atoms with Gasteiger partial charge >= 0.3 is 6.18 Å². The first-order chi connectivity index (χ1) is 12.1. The topological polar surface area (TPSA) is 93.1 Å². The minimum Gasteiger partial charge on any atom is -0.353 e. The Kier molecular flexibility index (Phi) is 6.03. The van der Waals surface area contributed by atoms with Gasteiger partial charge in [-0.1, -0.05) is 17.7 Å². The van der Waals surface area contributed by atoms with Crippen LogP contribution in [0.25, 0.3) is 0 Å². The highest BCUT2D eigenvalue weighted by molar-refractivity contribution is 7.89. The SMILES string of the molecule is Cc1ccc(S(=O)(=O)NCCNC(=O)Cn2ccc(C(F)(F)F)n2)cc1. The van der Waals surface area contributed by atoms with Crippen molar-refractivity contribution in [2.75, 3.05) is 13.1 Å². The maximum absolute atomic E-state index is 12.4. The van der Waals surface area contributed by atoms with Gasteiger partial charge in [-0.25, -0.2) is 13.1 Å². The molecule has 0 aliphatic rings. The van der Waals surface area contributed by atoms with Gasteiger partial charge in [0.05, 0.1) is 4.90 Å². The Balaban J connectivity index is 1.78. The predicted octanol–water partition coefficient (Wildman–Crippen LogP) is 1.31. The van der Waals surface area contributed by atoms with Gasteiger partial charge in [0.15, 0.2) is 5.69 Å². The van der Waals surface area contributed by atoms with Crippen LogP contribution in [0.4, 0.5) is 13.2 Å². The third-order valence-electron chi connectivity index (χ3n) is 3.31. The van der Waals surface area contributed by atoms with Crippen molar-refractivity contribution in [3.8, 4) is 0 Å². The fourth-order valence-corrected chi connectivity index (χ4v) is 3.02. The van der Waals surface area contributed by atoms with Crippen LogP contribution in [0.5, 0.6) is 0 Å². The quantitative estimate of drug-likeness (QED) is 0.697. The minimum absolute atomic E-state index is 0.0165. The fourth-order valence-electron chi connectivity index (χ4n) is 1.99. The first-order valence-electron chi connectivity index (χ1n) is 7.51. The van der Waals surface area contributed by atoms with Crippen LogP contribution in [-0.4, -0.2) is 37.2 Å². The number of aryl methyl sites for hydroxylation is 1. The standard InChI is InChI=1S/C15H17F3N4O3S/c1-11-2-4-12(5-3-11)26(24,25)20-8-7-19-14(23)10-22-9-6-13(21-22)15(16,17)18/h2-6,9,20H,7-8,10H2,1H3,(H,19,23). The number of benzene rings is 1. The molecule has 0 aliphatic carbocycles. The van der Waals surface area contributed by atoms with Crippen molar-refractivity contribution < 1.29 is 26.4 Å². The zero-order chi connectivity index (χ0) is 19.4. The molecule has 2 aromatic rings. The van der Waals surface area contributed by atoms with Crippen molar-refractivity contribution in [3.05, 3.63) is 47.8 Å². The smallest absolute Gasteiger partial charge is 0.353 e. The average Bonchev–Trinajstić information content (AvgIpc) is 3.01. The van der Waals surface area contributed by atoms with Gasteiger partial charge in [-0.3, -0.25) is 9.48 Å². The monoisotopic (exact) mass is 390 g/mol. The van der Waals surface area contributed by atoms with Crippen molar-refractivity contribution in [2.24, 2.45) is 0 Å². The minimum atomic E-state index is -4.57. The number of hydrogen-bond donors (Lipinski definition) is 2. The van der Waals surface area contributed by atoms with E-state index in [0.29, 0.717) is 0 Å². The molecule has 0 radical (unpaired) electrons. The van der Waals surface area contributed by atoms with E-state index in [1.165, 1.54) is 12.1 Å². The van der Waals surface area contributed by atoms with E-state index in [2.05, 4.69) is 15.1 Å². The molecule has 0 unspecified atom stereocenters. The lowest BCUT2D eigenvalue weighted by molar-refractivity contribution is -0.141. The van der Waals surface area contributed by atoms with Crippen molar-refractivity contribution in [3.63, 3.8) is 0 Å². The molecule has 2 N–H and O–H groups in total. The van der Waals surface area contributed by atoms with Crippen LogP contribution in [0.3, 0.4) is 0 Å². The summed E-state index contributed by atoms with van der Waals surface area (Å²) >= 11 is 0. The van der Waals surface area contributed by atoms with Crippen LogP contribution in [0.15, 0.2) is 41.4 Å². The molecule has 1 aromatic heterocycles. The molecule has 1 amide bonds. The van der Waals surface area contributed by atoms with Gasteiger partial charge < -0.3 is 5.32 Å². The van der Waals surface area contributed by atoms with Crippen LogP contribution in [0.2, 0.25) is 0 Å². The Labute approximate surface area is 148 Å². The van der Waals surface area contributed by atoms with Gasteiger partial charge in [-0.2, -0.15) is 18.3 Å². The lowest BCUT2D eigenvalue weighted by Gasteiger charge is -2.08. The molecule has 7 nitrogen and oxygen atoms in total. The number of alkyl halides is 3. The summed E-state index contributed by atoms with van der Waals surface area (Å²) in [6.45, 7) is 1.35. The molecule has 0 spiro atoms. The number of carbonyl (C=O) groups excluding carboxylic acids is 1. The number of aromatic nitrogens is 2. The van der Waals surface area contributed by atoms with E-state index in [4.69, 9.17) is 0 Å². The second-order valence-corrected chi connectivity index (χ2v) is 7.22. The van der Waals surface area contributed by atoms with Crippen molar-refractivity contribution in [1.82, 2.24) is 19.8 Å². The van der Waals surface area contributed by atoms with Gasteiger partial charge in [-0.05, 0) is 25.1 Å². The summed E-state index contributed by atoms with van der Waals surface area (Å²) in [5.74, 6) is -0.587. The van der Waals surface area contributed by atoms with E-state index >= 15 is 0 Å². The highest BCUT2D eigenvalue weighted by Crippen LogP contribution is 2.27. The summed E-state index contributed by atoms with van der Waals surface area (Å²) in [6.07, 6.45) is -3.53. The van der Waals surface area contributed by atoms with Crippen molar-refractivity contribution >= 4 is 15.9 Å². The number of nitrogens with zero attached hydrogens (tertiary/aromatic N) is 2. The number of carbonyl (C=O) groups is 1. The maximum atomic E-state index is 12.4. The molecule has 1 aromatic carbocycles. The maximum Gasteiger partial charge on any atom is 0.435 e. The van der Waals surface area contributed by atoms with Crippen LogP contribution >= 0.6 is 0 Å². The zero-order valence-corrected chi connectivity index (χ0v) is 14.6. The van der Waals surface area contributed by atoms with E-state index in [9.17, 15) is 26.4 Å². The molecule has 142 valence electrons. The van der Waals surface area contributed by atoms with E-state index in [0.717, 1.165) is 22.5 Å². The van der Waals surface area contributed by atoms with E-state index in [1.54, 1.807) is 12.1 Å². The predicted molar refractivity (Wildman–Crippen MR) is 86.6 cm³/mol. The number of amides is 1. The Hall–Kier alpha value is -2.40. The molecule has 0 fully saturated rings. The van der Waals surface area contributed by atoms with Gasteiger partial charge in [0.1, 0.15) is 6.54 Å². The van der Waals surface area contributed by atoms with Crippen molar-refractivity contribution in [1.29, 1.82) is 0 Å². The third kappa shape index (κ3) is 5.56. The largest absolute Gasteiger partial charge is 0.435 e. The second-order valence-electron chi connectivity index (χ2n) is 5.46. The summed E-state index contributed by atoms with van der Waals surface area (Å²) in [7, 11) is -3.69. The number of halogens is 3. The van der Waals surface area contributed by atoms with Crippen LogP contribution in [0.1, 0.15) is 11.3 Å². The highest BCUT2D eigenvalue weighted by Gasteiger charge is 2.33. The molecular formula is C15H17F3N4O3S.